The number of allylic oxidation sites excluding steroid dienone is 8. The molecule has 0 bridgehead atoms. The smallest absolute Gasteiger partial charge is 0.163 e. The Morgan fingerprint density at radius 1 is 1.19 bits per heavy atom. The number of Topliss-reactive ketones (excluding diaryl/α,β-unsaturated/α-hetero) is 1. The molecule has 32 heavy (non-hydrogen) atoms. The highest BCUT2D eigenvalue weighted by Crippen LogP contribution is 2.30. The number of piperazine rings is 1. The van der Waals surface area contributed by atoms with Crippen LogP contribution in [0.15, 0.2) is 83.1 Å². The molecule has 1 fully saturated rings. The summed E-state index contributed by atoms with van der Waals surface area (Å²) in [7, 11) is 0. The van der Waals surface area contributed by atoms with Crippen LogP contribution in [0.5, 0.6) is 0 Å². The summed E-state index contributed by atoms with van der Waals surface area (Å²) in [6.07, 6.45) is 13.0. The number of fused-ring (bicyclic) bond motifs is 1. The number of nitrogens with zero attached hydrogens (tertiary/aromatic N) is 2. The molecule has 0 atom stereocenters. The van der Waals surface area contributed by atoms with Gasteiger partial charge in [-0.25, -0.2) is 4.39 Å². The quantitative estimate of drug-likeness (QED) is 0.652. The molecule has 1 N–H and O–H groups in total. The van der Waals surface area contributed by atoms with Crippen LogP contribution in [0.2, 0.25) is 0 Å². The second-order valence-corrected chi connectivity index (χ2v) is 8.36. The van der Waals surface area contributed by atoms with Crippen LogP contribution < -0.4 is 10.2 Å². The van der Waals surface area contributed by atoms with Crippen molar-refractivity contribution in [2.24, 2.45) is 0 Å². The van der Waals surface area contributed by atoms with Crippen molar-refractivity contribution in [3.63, 3.8) is 0 Å². The molecule has 0 unspecified atom stereocenters. The van der Waals surface area contributed by atoms with E-state index in [-0.39, 0.29) is 11.6 Å². The number of carbonyl (C=O) groups excluding carboxylic acids is 1. The molecule has 0 aromatic heterocycles. The van der Waals surface area contributed by atoms with Crippen molar-refractivity contribution >= 4 is 17.5 Å². The van der Waals surface area contributed by atoms with E-state index in [2.05, 4.69) is 35.3 Å². The number of halogens is 1. The van der Waals surface area contributed by atoms with Gasteiger partial charge in [-0.3, -0.25) is 4.79 Å². The lowest BCUT2D eigenvalue weighted by Gasteiger charge is -2.30. The molecule has 1 aromatic rings. The van der Waals surface area contributed by atoms with Crippen molar-refractivity contribution < 1.29 is 9.18 Å². The molecule has 1 aromatic carbocycles. The van der Waals surface area contributed by atoms with Gasteiger partial charge >= 0.3 is 0 Å². The van der Waals surface area contributed by atoms with Crippen molar-refractivity contribution in [1.82, 2.24) is 10.2 Å². The lowest BCUT2D eigenvalue weighted by atomic mass is 9.95. The highest BCUT2D eigenvalue weighted by Gasteiger charge is 2.19. The third kappa shape index (κ3) is 4.68. The van der Waals surface area contributed by atoms with Crippen LogP contribution in [0.4, 0.5) is 10.1 Å². The first kappa shape index (κ1) is 22.0. The zero-order chi connectivity index (χ0) is 22.7. The predicted octanol–water partition coefficient (Wildman–Crippen LogP) is 5.18. The molecule has 1 saturated heterocycles. The summed E-state index contributed by atoms with van der Waals surface area (Å²) in [5, 5.41) is 3.38. The lowest BCUT2D eigenvalue weighted by molar-refractivity contribution is -0.114. The van der Waals surface area contributed by atoms with Crippen LogP contribution >= 0.6 is 0 Å². The number of nitrogens with one attached hydrogen (secondary N) is 1. The normalized spacial score (nSPS) is 18.9. The van der Waals surface area contributed by atoms with E-state index in [0.29, 0.717) is 12.0 Å². The number of hydrogen-bond acceptors (Lipinski definition) is 4. The van der Waals surface area contributed by atoms with Gasteiger partial charge in [0.1, 0.15) is 5.83 Å². The van der Waals surface area contributed by atoms with Crippen LogP contribution in [-0.4, -0.2) is 36.9 Å². The van der Waals surface area contributed by atoms with Crippen molar-refractivity contribution in [3.8, 4) is 0 Å². The van der Waals surface area contributed by atoms with Crippen molar-refractivity contribution in [3.05, 3.63) is 94.3 Å². The van der Waals surface area contributed by atoms with E-state index >= 15 is 0 Å². The zero-order valence-electron chi connectivity index (χ0n) is 19.0. The number of ketones is 1. The lowest BCUT2D eigenvalue weighted by Crippen LogP contribution is -2.43. The summed E-state index contributed by atoms with van der Waals surface area (Å²) >= 11 is 0. The van der Waals surface area contributed by atoms with Gasteiger partial charge in [0.25, 0.3) is 0 Å². The Hall–Kier alpha value is -3.18. The average molecular weight is 432 g/mol. The molecule has 0 radical (unpaired) electrons. The van der Waals surface area contributed by atoms with Crippen LogP contribution in [0, 0.1) is 6.92 Å². The van der Waals surface area contributed by atoms with Crippen LogP contribution in [-0.2, 0) is 4.79 Å². The fourth-order valence-electron chi connectivity index (χ4n) is 4.26. The number of aryl methyl sites for hydroxylation is 1. The molecular weight excluding hydrogens is 401 g/mol. The minimum absolute atomic E-state index is 0.0589. The molecule has 0 amide bonds. The summed E-state index contributed by atoms with van der Waals surface area (Å²) in [5.74, 6) is -0.243. The van der Waals surface area contributed by atoms with Gasteiger partial charge in [0, 0.05) is 67.5 Å². The summed E-state index contributed by atoms with van der Waals surface area (Å²) in [6.45, 7) is 9.81. The molecule has 0 aliphatic carbocycles. The van der Waals surface area contributed by atoms with E-state index in [0.717, 1.165) is 54.1 Å². The van der Waals surface area contributed by atoms with Gasteiger partial charge in [0.05, 0.1) is 0 Å². The van der Waals surface area contributed by atoms with E-state index in [4.69, 9.17) is 0 Å². The highest BCUT2D eigenvalue weighted by molar-refractivity contribution is 6.04. The fourth-order valence-corrected chi connectivity index (χ4v) is 4.26. The zero-order valence-corrected chi connectivity index (χ0v) is 19.0. The summed E-state index contributed by atoms with van der Waals surface area (Å²) in [6, 6.07) is 6.42. The Bertz CT molecular complexity index is 1100. The van der Waals surface area contributed by atoms with Gasteiger partial charge < -0.3 is 15.1 Å². The van der Waals surface area contributed by atoms with Gasteiger partial charge in [-0.2, -0.15) is 0 Å². The SMILES string of the molecule is CCC(=O)/C(=C\c1ccc(N2CCNCC2)cc1C)C1=CN2C=C(F)C=C(C)C2=CC=C1. The minimum Gasteiger partial charge on any atom is -0.369 e. The van der Waals surface area contributed by atoms with E-state index in [1.165, 1.54) is 18.0 Å². The Labute approximate surface area is 189 Å². The molecule has 166 valence electrons. The third-order valence-electron chi connectivity index (χ3n) is 6.07. The highest BCUT2D eigenvalue weighted by atomic mass is 19.1. The Morgan fingerprint density at radius 2 is 1.97 bits per heavy atom. The predicted molar refractivity (Wildman–Crippen MR) is 130 cm³/mol. The molecular formula is C27H30FN3O. The maximum atomic E-state index is 14.1. The molecule has 0 spiro atoms. The minimum atomic E-state index is -0.302. The van der Waals surface area contributed by atoms with E-state index in [1.807, 2.05) is 44.4 Å². The number of rotatable bonds is 5. The van der Waals surface area contributed by atoms with Crippen LogP contribution in [0.1, 0.15) is 31.4 Å². The second-order valence-electron chi connectivity index (χ2n) is 8.36. The number of hydrogen-bond donors (Lipinski definition) is 1. The molecule has 3 heterocycles. The van der Waals surface area contributed by atoms with Crippen molar-refractivity contribution in [2.75, 3.05) is 31.1 Å². The van der Waals surface area contributed by atoms with Crippen molar-refractivity contribution in [1.29, 1.82) is 0 Å². The molecule has 4 rings (SSSR count). The Kier molecular flexibility index (Phi) is 6.56. The van der Waals surface area contributed by atoms with E-state index in [9.17, 15) is 9.18 Å². The Balaban J connectivity index is 1.70. The van der Waals surface area contributed by atoms with Gasteiger partial charge in [-0.1, -0.05) is 25.1 Å². The first-order valence-electron chi connectivity index (χ1n) is 11.2. The topological polar surface area (TPSA) is 35.6 Å². The number of anilines is 1. The first-order chi connectivity index (χ1) is 15.5. The van der Waals surface area contributed by atoms with Gasteiger partial charge in [-0.15, -0.1) is 0 Å². The first-order valence-corrected chi connectivity index (χ1v) is 11.2. The summed E-state index contributed by atoms with van der Waals surface area (Å²) < 4.78 is 14.1. The van der Waals surface area contributed by atoms with Gasteiger partial charge in [-0.05, 0) is 60.9 Å². The second kappa shape index (κ2) is 9.53. The van der Waals surface area contributed by atoms with E-state index in [1.54, 1.807) is 4.90 Å². The monoisotopic (exact) mass is 431 g/mol. The standard InChI is InChI=1S/C27H30FN3O/c1-4-27(32)25(22-6-5-7-26-20(3)14-23(28)18-31(26)17-22)16-21-8-9-24(15-19(21)2)30-12-10-29-11-13-30/h5-9,14-18,29H,4,10-13H2,1-3H3/b25-16-. The third-order valence-corrected chi connectivity index (χ3v) is 6.07. The molecule has 0 saturated carbocycles. The largest absolute Gasteiger partial charge is 0.369 e. The molecule has 5 heteroatoms. The average Bonchev–Trinajstić information content (AvgIpc) is 3.01. The molecule has 3 aliphatic heterocycles. The summed E-state index contributed by atoms with van der Waals surface area (Å²) in [5.41, 5.74) is 6.51. The maximum Gasteiger partial charge on any atom is 0.163 e. The van der Waals surface area contributed by atoms with Crippen LogP contribution in [0.3, 0.4) is 0 Å². The van der Waals surface area contributed by atoms with Gasteiger partial charge in [0.2, 0.25) is 0 Å². The maximum absolute atomic E-state index is 14.1. The fraction of sp³-hybridized carbons (Fsp3) is 0.296. The van der Waals surface area contributed by atoms with E-state index < -0.39 is 0 Å². The van der Waals surface area contributed by atoms with Crippen molar-refractivity contribution in [2.45, 2.75) is 27.2 Å². The van der Waals surface area contributed by atoms with Gasteiger partial charge in [0.15, 0.2) is 5.78 Å². The summed E-state index contributed by atoms with van der Waals surface area (Å²) in [4.78, 5) is 17.1. The number of benzene rings is 1. The Morgan fingerprint density at radius 3 is 2.69 bits per heavy atom. The molecule has 4 nitrogen and oxygen atoms in total. The number of carbonyl (C=O) groups is 1. The van der Waals surface area contributed by atoms with Crippen LogP contribution in [0.25, 0.3) is 6.08 Å². The molecule has 3 aliphatic rings.